The molecule has 28 heavy (non-hydrogen) atoms. The number of nitrogens with one attached hydrogen (secondary N) is 1. The summed E-state index contributed by atoms with van der Waals surface area (Å²) < 4.78 is 5.83. The molecule has 0 bridgehead atoms. The number of rotatable bonds is 5. The average molecular weight is 436 g/mol. The molecule has 1 aliphatic rings. The molecule has 1 saturated heterocycles. The second-order valence-corrected chi connectivity index (χ2v) is 8.53. The zero-order valence-electron chi connectivity index (χ0n) is 15.2. The van der Waals surface area contributed by atoms with Gasteiger partial charge in [-0.1, -0.05) is 29.3 Å². The number of nitrogens with zero attached hydrogens (tertiary/aromatic N) is 2. The van der Waals surface area contributed by atoms with E-state index >= 15 is 0 Å². The highest BCUT2D eigenvalue weighted by Crippen LogP contribution is 2.29. The van der Waals surface area contributed by atoms with Gasteiger partial charge < -0.3 is 9.73 Å². The fourth-order valence-electron chi connectivity index (χ4n) is 3.39. The molecule has 0 saturated carbocycles. The van der Waals surface area contributed by atoms with E-state index < -0.39 is 0 Å². The first-order valence-corrected chi connectivity index (χ1v) is 10.6. The zero-order valence-corrected chi connectivity index (χ0v) is 17.6. The Kier molecular flexibility index (Phi) is 5.73. The van der Waals surface area contributed by atoms with Crippen LogP contribution in [0.5, 0.6) is 0 Å². The van der Waals surface area contributed by atoms with Crippen molar-refractivity contribution in [1.29, 1.82) is 0 Å². The van der Waals surface area contributed by atoms with E-state index in [9.17, 15) is 4.79 Å². The number of halogens is 2. The molecule has 3 aromatic rings. The van der Waals surface area contributed by atoms with Gasteiger partial charge in [-0.2, -0.15) is 0 Å². The molecule has 4 rings (SSSR count). The monoisotopic (exact) mass is 435 g/mol. The molecule has 0 unspecified atom stereocenters. The Labute approximate surface area is 177 Å². The molecular formula is C20H19Cl2N3O2S. The second-order valence-electron chi connectivity index (χ2n) is 6.74. The van der Waals surface area contributed by atoms with E-state index in [4.69, 9.17) is 27.6 Å². The molecule has 146 valence electrons. The number of aromatic nitrogens is 1. The molecule has 1 fully saturated rings. The van der Waals surface area contributed by atoms with Crippen molar-refractivity contribution in [1.82, 2.24) is 9.88 Å². The van der Waals surface area contributed by atoms with Crippen LogP contribution >= 0.6 is 34.5 Å². The number of thiophene rings is 1. The van der Waals surface area contributed by atoms with Gasteiger partial charge in [0.25, 0.3) is 0 Å². The van der Waals surface area contributed by atoms with Crippen molar-refractivity contribution in [3.05, 3.63) is 57.2 Å². The maximum atomic E-state index is 12.8. The number of carbonyl (C=O) groups excluding carboxylic acids is 1. The molecule has 8 heteroatoms. The summed E-state index contributed by atoms with van der Waals surface area (Å²) in [5.41, 5.74) is 1.44. The Hall–Kier alpha value is -1.86. The molecule has 3 heterocycles. The van der Waals surface area contributed by atoms with Crippen LogP contribution in [0.3, 0.4) is 0 Å². The Balaban J connectivity index is 1.47. The number of likely N-dealkylation sites (tertiary alicyclic amines) is 1. The summed E-state index contributed by atoms with van der Waals surface area (Å²) in [5.74, 6) is 1.35. The number of benzene rings is 1. The van der Waals surface area contributed by atoms with Crippen LogP contribution in [0.4, 0.5) is 5.69 Å². The maximum absolute atomic E-state index is 12.8. The van der Waals surface area contributed by atoms with Gasteiger partial charge in [0.2, 0.25) is 11.8 Å². The lowest BCUT2D eigenvalue weighted by molar-refractivity contribution is -0.120. The highest BCUT2D eigenvalue weighted by atomic mass is 35.5. The number of carbonyl (C=O) groups is 1. The minimum absolute atomic E-state index is 0.0682. The SMILES string of the molecule is Cc1oc(-c2cccs2)nc1CN1CCC[C@@H]1C(=O)Nc1ccc(Cl)cc1Cl. The fourth-order valence-corrected chi connectivity index (χ4v) is 4.50. The summed E-state index contributed by atoms with van der Waals surface area (Å²) in [6, 6.07) is 8.78. The van der Waals surface area contributed by atoms with Crippen molar-refractivity contribution in [2.24, 2.45) is 0 Å². The van der Waals surface area contributed by atoms with Crippen LogP contribution in [-0.2, 0) is 11.3 Å². The summed E-state index contributed by atoms with van der Waals surface area (Å²) in [6.07, 6.45) is 1.76. The first-order valence-electron chi connectivity index (χ1n) is 9.01. The minimum atomic E-state index is -0.229. The quantitative estimate of drug-likeness (QED) is 0.564. The third-order valence-corrected chi connectivity index (χ3v) is 6.24. The van der Waals surface area contributed by atoms with Gasteiger partial charge in [0, 0.05) is 11.6 Å². The van der Waals surface area contributed by atoms with Gasteiger partial charge in [-0.25, -0.2) is 4.98 Å². The Morgan fingerprint density at radius 2 is 2.25 bits per heavy atom. The number of hydrogen-bond donors (Lipinski definition) is 1. The van der Waals surface area contributed by atoms with Gasteiger partial charge in [-0.3, -0.25) is 9.69 Å². The number of anilines is 1. The van der Waals surface area contributed by atoms with Crippen molar-refractivity contribution in [3.63, 3.8) is 0 Å². The van der Waals surface area contributed by atoms with E-state index in [2.05, 4.69) is 15.2 Å². The van der Waals surface area contributed by atoms with Gasteiger partial charge in [-0.05, 0) is 56.0 Å². The van der Waals surface area contributed by atoms with Gasteiger partial charge >= 0.3 is 0 Å². The summed E-state index contributed by atoms with van der Waals surface area (Å²) in [6.45, 7) is 3.33. The van der Waals surface area contributed by atoms with E-state index in [1.54, 1.807) is 29.5 Å². The highest BCUT2D eigenvalue weighted by molar-refractivity contribution is 7.13. The first-order chi connectivity index (χ1) is 13.5. The highest BCUT2D eigenvalue weighted by Gasteiger charge is 2.32. The molecule has 1 aromatic carbocycles. The summed E-state index contributed by atoms with van der Waals surface area (Å²) >= 11 is 13.7. The van der Waals surface area contributed by atoms with Gasteiger partial charge in [0.15, 0.2) is 0 Å². The second kappa shape index (κ2) is 8.25. The molecule has 2 aromatic heterocycles. The lowest BCUT2D eigenvalue weighted by Gasteiger charge is -2.23. The summed E-state index contributed by atoms with van der Waals surface area (Å²) in [7, 11) is 0. The fraction of sp³-hybridized carbons (Fsp3) is 0.300. The number of amides is 1. The van der Waals surface area contributed by atoms with Crippen LogP contribution in [0, 0.1) is 6.92 Å². The molecular weight excluding hydrogens is 417 g/mol. The zero-order chi connectivity index (χ0) is 19.7. The molecule has 1 N–H and O–H groups in total. The average Bonchev–Trinajstić information content (AvgIpc) is 3.39. The van der Waals surface area contributed by atoms with Crippen LogP contribution in [0.15, 0.2) is 40.1 Å². The normalized spacial score (nSPS) is 17.2. The Bertz CT molecular complexity index is 988. The van der Waals surface area contributed by atoms with Crippen molar-refractivity contribution in [2.75, 3.05) is 11.9 Å². The lowest BCUT2D eigenvalue weighted by Crippen LogP contribution is -2.39. The van der Waals surface area contributed by atoms with Gasteiger partial charge in [0.05, 0.1) is 27.3 Å². The molecule has 1 amide bonds. The third-order valence-electron chi connectivity index (χ3n) is 4.83. The van der Waals surface area contributed by atoms with Crippen molar-refractivity contribution < 1.29 is 9.21 Å². The molecule has 0 radical (unpaired) electrons. The Morgan fingerprint density at radius 3 is 3.00 bits per heavy atom. The van der Waals surface area contributed by atoms with E-state index in [1.807, 2.05) is 24.4 Å². The van der Waals surface area contributed by atoms with Gasteiger partial charge in [0.1, 0.15) is 5.76 Å². The summed E-state index contributed by atoms with van der Waals surface area (Å²) in [4.78, 5) is 20.6. The van der Waals surface area contributed by atoms with Crippen LogP contribution < -0.4 is 5.32 Å². The van der Waals surface area contributed by atoms with Crippen LogP contribution in [0.2, 0.25) is 10.0 Å². The topological polar surface area (TPSA) is 58.4 Å². The van der Waals surface area contributed by atoms with Gasteiger partial charge in [-0.15, -0.1) is 11.3 Å². The molecule has 5 nitrogen and oxygen atoms in total. The number of aryl methyl sites for hydroxylation is 1. The predicted octanol–water partition coefficient (Wildman–Crippen LogP) is 5.62. The smallest absolute Gasteiger partial charge is 0.241 e. The largest absolute Gasteiger partial charge is 0.440 e. The van der Waals surface area contributed by atoms with E-state index in [0.717, 1.165) is 35.7 Å². The summed E-state index contributed by atoms with van der Waals surface area (Å²) in [5, 5.41) is 5.89. The Morgan fingerprint density at radius 1 is 1.39 bits per heavy atom. The molecule has 0 aliphatic carbocycles. The number of hydrogen-bond acceptors (Lipinski definition) is 5. The van der Waals surface area contributed by atoms with E-state index in [0.29, 0.717) is 28.2 Å². The minimum Gasteiger partial charge on any atom is -0.440 e. The van der Waals surface area contributed by atoms with Crippen molar-refractivity contribution >= 4 is 46.1 Å². The first kappa shape index (κ1) is 19.5. The maximum Gasteiger partial charge on any atom is 0.241 e. The molecule has 1 atom stereocenters. The van der Waals surface area contributed by atoms with Crippen LogP contribution in [0.25, 0.3) is 10.8 Å². The third kappa shape index (κ3) is 4.10. The lowest BCUT2D eigenvalue weighted by atomic mass is 10.2. The number of oxazole rings is 1. The molecule has 0 spiro atoms. The van der Waals surface area contributed by atoms with Crippen LogP contribution in [0.1, 0.15) is 24.3 Å². The molecule has 1 aliphatic heterocycles. The van der Waals surface area contributed by atoms with E-state index in [-0.39, 0.29) is 11.9 Å². The predicted molar refractivity (Wildman–Crippen MR) is 113 cm³/mol. The van der Waals surface area contributed by atoms with Crippen molar-refractivity contribution in [3.8, 4) is 10.8 Å². The van der Waals surface area contributed by atoms with Crippen molar-refractivity contribution in [2.45, 2.75) is 32.4 Å². The van der Waals surface area contributed by atoms with Crippen LogP contribution in [-0.4, -0.2) is 28.4 Å². The van der Waals surface area contributed by atoms with E-state index in [1.165, 1.54) is 0 Å². The standard InChI is InChI=1S/C20H19Cl2N3O2S/c1-12-16(24-20(27-12)18-5-3-9-28-18)11-25-8-2-4-17(25)19(26)23-15-7-6-13(21)10-14(15)22/h3,5-7,9-10,17H,2,4,8,11H2,1H3,(H,23,26)/t17-/m1/s1.